The third kappa shape index (κ3) is 3.92. The van der Waals surface area contributed by atoms with Gasteiger partial charge in [-0.25, -0.2) is 8.42 Å². The molecule has 26 heavy (non-hydrogen) atoms. The average Bonchev–Trinajstić information content (AvgIpc) is 2.63. The molecule has 1 saturated heterocycles. The van der Waals surface area contributed by atoms with Crippen LogP contribution in [0.5, 0.6) is 5.75 Å². The predicted octanol–water partition coefficient (Wildman–Crippen LogP) is 1.40. The Morgan fingerprint density at radius 1 is 1.04 bits per heavy atom. The largest absolute Gasteiger partial charge is 0.496 e. The Balaban J connectivity index is 1.72. The number of quaternary nitrogens is 1. The van der Waals surface area contributed by atoms with Crippen molar-refractivity contribution < 1.29 is 18.1 Å². The van der Waals surface area contributed by atoms with Gasteiger partial charge in [0, 0.05) is 11.6 Å². The molecule has 2 aromatic carbocycles. The summed E-state index contributed by atoms with van der Waals surface area (Å²) < 4.78 is 33.2. The molecule has 5 nitrogen and oxygen atoms in total. The fourth-order valence-corrected chi connectivity index (χ4v) is 5.22. The fraction of sp³-hybridized carbons (Fsp3) is 0.400. The number of piperazine rings is 1. The lowest BCUT2D eigenvalue weighted by molar-refractivity contribution is -0.917. The zero-order valence-electron chi connectivity index (χ0n) is 15.7. The molecule has 1 fully saturated rings. The van der Waals surface area contributed by atoms with E-state index < -0.39 is 10.0 Å². The third-order valence-electron chi connectivity index (χ3n) is 5.04. The van der Waals surface area contributed by atoms with Crippen molar-refractivity contribution in [3.8, 4) is 5.75 Å². The van der Waals surface area contributed by atoms with Crippen LogP contribution in [0.3, 0.4) is 0 Å². The Morgan fingerprint density at radius 3 is 2.31 bits per heavy atom. The van der Waals surface area contributed by atoms with Crippen molar-refractivity contribution in [1.82, 2.24) is 4.31 Å². The Labute approximate surface area is 156 Å². The lowest BCUT2D eigenvalue weighted by atomic mass is 10.1. The zero-order valence-corrected chi connectivity index (χ0v) is 16.5. The van der Waals surface area contributed by atoms with Crippen molar-refractivity contribution in [1.29, 1.82) is 0 Å². The van der Waals surface area contributed by atoms with Gasteiger partial charge in [0.15, 0.2) is 0 Å². The van der Waals surface area contributed by atoms with Crippen molar-refractivity contribution in [2.24, 2.45) is 0 Å². The minimum Gasteiger partial charge on any atom is -0.496 e. The second kappa shape index (κ2) is 7.78. The molecule has 0 bridgehead atoms. The molecule has 0 radical (unpaired) electrons. The number of aryl methyl sites for hydroxylation is 2. The molecule has 1 aliphatic rings. The van der Waals surface area contributed by atoms with Gasteiger partial charge in [-0.2, -0.15) is 4.31 Å². The molecule has 6 heteroatoms. The van der Waals surface area contributed by atoms with E-state index in [0.29, 0.717) is 23.7 Å². The van der Waals surface area contributed by atoms with Crippen LogP contribution in [0, 0.1) is 13.8 Å². The van der Waals surface area contributed by atoms with Gasteiger partial charge in [-0.15, -0.1) is 0 Å². The molecule has 0 saturated carbocycles. The number of ether oxygens (including phenoxy) is 1. The number of rotatable bonds is 5. The summed E-state index contributed by atoms with van der Waals surface area (Å²) in [7, 11) is -1.93. The van der Waals surface area contributed by atoms with E-state index in [4.69, 9.17) is 4.74 Å². The molecule has 1 N–H and O–H groups in total. The molecule has 2 aromatic rings. The fourth-order valence-electron chi connectivity index (χ4n) is 3.55. The molecule has 1 aliphatic heterocycles. The van der Waals surface area contributed by atoms with Crippen molar-refractivity contribution in [3.05, 3.63) is 59.2 Å². The van der Waals surface area contributed by atoms with Crippen molar-refractivity contribution in [3.63, 3.8) is 0 Å². The van der Waals surface area contributed by atoms with Crippen LogP contribution in [0.4, 0.5) is 0 Å². The van der Waals surface area contributed by atoms with Crippen LogP contribution >= 0.6 is 0 Å². The summed E-state index contributed by atoms with van der Waals surface area (Å²) in [4.78, 5) is 1.77. The maximum atomic E-state index is 13.1. The second-order valence-electron chi connectivity index (χ2n) is 6.90. The van der Waals surface area contributed by atoms with Gasteiger partial charge in [0.25, 0.3) is 0 Å². The molecule has 0 atom stereocenters. The van der Waals surface area contributed by atoms with E-state index in [1.165, 1.54) is 10.5 Å². The zero-order chi connectivity index (χ0) is 18.7. The minimum atomic E-state index is -3.50. The van der Waals surface area contributed by atoms with Gasteiger partial charge < -0.3 is 9.64 Å². The Hall–Kier alpha value is -1.89. The van der Waals surface area contributed by atoms with Crippen LogP contribution in [0.2, 0.25) is 0 Å². The summed E-state index contributed by atoms with van der Waals surface area (Å²) in [6.07, 6.45) is 0. The number of benzene rings is 2. The van der Waals surface area contributed by atoms with Gasteiger partial charge in [0.2, 0.25) is 10.0 Å². The quantitative estimate of drug-likeness (QED) is 0.860. The SMILES string of the molecule is COc1cc(S(=O)(=O)N2CC[NH+](Cc3ccccc3)CC2)c(C)cc1C. The molecule has 1 heterocycles. The summed E-state index contributed by atoms with van der Waals surface area (Å²) in [5.41, 5.74) is 3.00. The van der Waals surface area contributed by atoms with Crippen LogP contribution in [-0.4, -0.2) is 46.0 Å². The number of methoxy groups -OCH3 is 1. The van der Waals surface area contributed by atoms with E-state index in [-0.39, 0.29) is 0 Å². The average molecular weight is 376 g/mol. The van der Waals surface area contributed by atoms with Crippen LogP contribution in [-0.2, 0) is 16.6 Å². The van der Waals surface area contributed by atoms with Gasteiger partial charge >= 0.3 is 0 Å². The molecule has 3 rings (SSSR count). The first kappa shape index (κ1) is 18.9. The summed E-state index contributed by atoms with van der Waals surface area (Å²) in [5, 5.41) is 0. The van der Waals surface area contributed by atoms with E-state index in [1.807, 2.05) is 38.1 Å². The van der Waals surface area contributed by atoms with Gasteiger partial charge in [-0.1, -0.05) is 36.4 Å². The predicted molar refractivity (Wildman–Crippen MR) is 102 cm³/mol. The molecule has 0 aliphatic carbocycles. The smallest absolute Gasteiger partial charge is 0.243 e. The highest BCUT2D eigenvalue weighted by molar-refractivity contribution is 7.89. The maximum absolute atomic E-state index is 13.1. The topological polar surface area (TPSA) is 51.1 Å². The lowest BCUT2D eigenvalue weighted by Gasteiger charge is -2.32. The summed E-state index contributed by atoms with van der Waals surface area (Å²) in [5.74, 6) is 0.613. The number of nitrogens with one attached hydrogen (secondary N) is 1. The molecular formula is C20H27N2O3S+. The normalized spacial score (nSPS) is 16.6. The number of hydrogen-bond donors (Lipinski definition) is 1. The summed E-state index contributed by atoms with van der Waals surface area (Å²) in [6.45, 7) is 7.42. The van der Waals surface area contributed by atoms with Crippen LogP contribution in [0.15, 0.2) is 47.4 Å². The first-order valence-corrected chi connectivity index (χ1v) is 10.4. The molecule has 0 unspecified atom stereocenters. The summed E-state index contributed by atoms with van der Waals surface area (Å²) >= 11 is 0. The van der Waals surface area contributed by atoms with Crippen LogP contribution in [0.1, 0.15) is 16.7 Å². The highest BCUT2D eigenvalue weighted by Gasteiger charge is 2.31. The van der Waals surface area contributed by atoms with Gasteiger partial charge in [-0.3, -0.25) is 0 Å². The summed E-state index contributed by atoms with van der Waals surface area (Å²) in [6, 6.07) is 13.9. The highest BCUT2D eigenvalue weighted by atomic mass is 32.2. The number of sulfonamides is 1. The molecule has 140 valence electrons. The van der Waals surface area contributed by atoms with Crippen LogP contribution < -0.4 is 9.64 Å². The van der Waals surface area contributed by atoms with E-state index in [9.17, 15) is 8.42 Å². The second-order valence-corrected chi connectivity index (χ2v) is 8.81. The van der Waals surface area contributed by atoms with Gasteiger partial charge in [-0.05, 0) is 25.0 Å². The standard InChI is InChI=1S/C20H26N2O3S/c1-16-13-17(2)20(14-19(16)25-3)26(23,24)22-11-9-21(10-12-22)15-18-7-5-4-6-8-18/h4-8,13-14H,9-12,15H2,1-3H3/p+1. The van der Waals surface area contributed by atoms with Crippen molar-refractivity contribution in [2.45, 2.75) is 25.3 Å². The number of nitrogens with zero attached hydrogens (tertiary/aromatic N) is 1. The first-order chi connectivity index (χ1) is 12.4. The first-order valence-electron chi connectivity index (χ1n) is 8.94. The lowest BCUT2D eigenvalue weighted by Crippen LogP contribution is -3.13. The van der Waals surface area contributed by atoms with E-state index in [0.717, 1.165) is 30.8 Å². The van der Waals surface area contributed by atoms with Gasteiger partial charge in [0.05, 0.1) is 38.2 Å². The molecule has 0 spiro atoms. The maximum Gasteiger partial charge on any atom is 0.243 e. The highest BCUT2D eigenvalue weighted by Crippen LogP contribution is 2.28. The third-order valence-corrected chi connectivity index (χ3v) is 7.08. The van der Waals surface area contributed by atoms with E-state index in [2.05, 4.69) is 12.1 Å². The van der Waals surface area contributed by atoms with Crippen molar-refractivity contribution >= 4 is 10.0 Å². The minimum absolute atomic E-state index is 0.353. The molecule has 0 aromatic heterocycles. The Bertz CT molecular complexity index is 858. The Kier molecular flexibility index (Phi) is 5.65. The molecular weight excluding hydrogens is 348 g/mol. The van der Waals surface area contributed by atoms with E-state index in [1.54, 1.807) is 17.5 Å². The number of hydrogen-bond acceptors (Lipinski definition) is 3. The monoisotopic (exact) mass is 375 g/mol. The van der Waals surface area contributed by atoms with Gasteiger partial charge in [0.1, 0.15) is 12.3 Å². The van der Waals surface area contributed by atoms with Crippen LogP contribution in [0.25, 0.3) is 0 Å². The Morgan fingerprint density at radius 2 is 1.69 bits per heavy atom. The van der Waals surface area contributed by atoms with Crippen molar-refractivity contribution in [2.75, 3.05) is 33.3 Å². The van der Waals surface area contributed by atoms with E-state index >= 15 is 0 Å². The molecule has 0 amide bonds.